The summed E-state index contributed by atoms with van der Waals surface area (Å²) in [5, 5.41) is 43.6. The Morgan fingerprint density at radius 3 is 1.67 bits per heavy atom. The predicted octanol–water partition coefficient (Wildman–Crippen LogP) is -3.60. The summed E-state index contributed by atoms with van der Waals surface area (Å²) in [5.41, 5.74) is 16.6. The molecule has 9 atom stereocenters. The normalized spacial score (nSPS) is 17.7. The van der Waals surface area contributed by atoms with Crippen LogP contribution in [-0.2, 0) is 59.2 Å². The molecule has 2 aliphatic heterocycles. The zero-order valence-electron chi connectivity index (χ0n) is 45.6. The number of rotatable bonds is 31. The summed E-state index contributed by atoms with van der Waals surface area (Å²) in [6.45, 7) is 11.0. The molecule has 1 aromatic carbocycles. The first-order valence-electron chi connectivity index (χ1n) is 26.4. The third-order valence-electron chi connectivity index (χ3n) is 12.7. The molecule has 2 aliphatic rings. The predicted molar refractivity (Wildman–Crippen MR) is 284 cm³/mol. The lowest BCUT2D eigenvalue weighted by atomic mass is 9.99. The molecule has 3 rings (SSSR count). The molecule has 27 heteroatoms. The van der Waals surface area contributed by atoms with Gasteiger partial charge in [0.25, 0.3) is 0 Å². The number of hydrogen-bond donors (Lipinski definition) is 14. The molecule has 434 valence electrons. The van der Waals surface area contributed by atoms with Gasteiger partial charge in [0, 0.05) is 25.9 Å². The van der Waals surface area contributed by atoms with Crippen LogP contribution in [0.4, 0.5) is 0 Å². The van der Waals surface area contributed by atoms with Gasteiger partial charge in [-0.1, -0.05) is 53.7 Å². The third-order valence-corrected chi connectivity index (χ3v) is 12.7. The number of benzene rings is 1. The molecule has 0 unspecified atom stereocenters. The molecule has 1 aromatic rings. The van der Waals surface area contributed by atoms with E-state index in [1.807, 2.05) is 13.8 Å². The smallest absolute Gasteiger partial charge is 0.245 e. The molecule has 78 heavy (non-hydrogen) atoms. The van der Waals surface area contributed by atoms with E-state index in [0.717, 1.165) is 0 Å². The topological polar surface area (TPSA) is 430 Å². The van der Waals surface area contributed by atoms with Crippen molar-refractivity contribution in [1.29, 1.82) is 0 Å². The fraction of sp³-hybridized carbons (Fsp3) is 0.647. The number of aliphatic hydroxyl groups excluding tert-OH is 1. The van der Waals surface area contributed by atoms with Crippen LogP contribution in [0.25, 0.3) is 0 Å². The fourth-order valence-corrected chi connectivity index (χ4v) is 8.78. The molecule has 0 radical (unpaired) electrons. The van der Waals surface area contributed by atoms with Crippen LogP contribution in [0.3, 0.4) is 0 Å². The number of aliphatic imine (C=N–C) groups is 1. The maximum Gasteiger partial charge on any atom is 0.245 e. The Bertz CT molecular complexity index is 2310. The monoisotopic (exact) mass is 1100 g/mol. The van der Waals surface area contributed by atoms with Crippen LogP contribution in [0.1, 0.15) is 112 Å². The van der Waals surface area contributed by atoms with Crippen LogP contribution in [0.2, 0.25) is 0 Å². The van der Waals surface area contributed by atoms with Crippen molar-refractivity contribution in [2.75, 3.05) is 26.2 Å². The van der Waals surface area contributed by atoms with Crippen LogP contribution in [0.5, 0.6) is 5.75 Å². The maximum atomic E-state index is 14.1. The average Bonchev–Trinajstić information content (AvgIpc) is 4.04. The van der Waals surface area contributed by atoms with E-state index in [1.165, 1.54) is 36.1 Å². The van der Waals surface area contributed by atoms with Gasteiger partial charge >= 0.3 is 0 Å². The summed E-state index contributed by atoms with van der Waals surface area (Å²) in [6, 6.07) is -5.46. The van der Waals surface area contributed by atoms with Crippen LogP contribution >= 0.6 is 0 Å². The van der Waals surface area contributed by atoms with E-state index in [0.29, 0.717) is 12.0 Å². The SMILES string of the molecule is CC(C)C[C@H](NC(=O)[C@@H]1CCC(=O)N1)C(=O)N[C@@H](CC(C)C)C(=O)N[C@@H](CO)C(=O)N[C@@H](Cc1ccc(O)cc1)C(=O)N[C@H](C)C(=O)N[C@@H](CC(C)C)C(=O)N[C@@H](CCCN=C(N)N)C(=O)N1CCC[C@H]1C(=O)NCC(N)=O. The number of amides is 11. The Kier molecular flexibility index (Phi) is 26.2. The van der Waals surface area contributed by atoms with Crippen LogP contribution in [0, 0.1) is 17.8 Å². The number of nitrogens with zero attached hydrogens (tertiary/aromatic N) is 2. The van der Waals surface area contributed by atoms with Gasteiger partial charge in [-0.25, -0.2) is 0 Å². The number of nitrogens with two attached hydrogens (primary N) is 3. The number of primary amides is 1. The van der Waals surface area contributed by atoms with Crippen LogP contribution in [0.15, 0.2) is 29.3 Å². The molecule has 2 fully saturated rings. The Morgan fingerprint density at radius 1 is 0.654 bits per heavy atom. The lowest BCUT2D eigenvalue weighted by Gasteiger charge is -2.30. The van der Waals surface area contributed by atoms with Gasteiger partial charge in [0.05, 0.1) is 13.2 Å². The highest BCUT2D eigenvalue weighted by molar-refractivity contribution is 5.99. The summed E-state index contributed by atoms with van der Waals surface area (Å²) in [7, 11) is 0. The van der Waals surface area contributed by atoms with E-state index in [1.54, 1.807) is 27.7 Å². The lowest BCUT2D eigenvalue weighted by Crippen LogP contribution is -2.61. The molecule has 0 aromatic heterocycles. The van der Waals surface area contributed by atoms with E-state index in [4.69, 9.17) is 17.2 Å². The van der Waals surface area contributed by atoms with Gasteiger partial charge in [0.2, 0.25) is 65.0 Å². The zero-order valence-corrected chi connectivity index (χ0v) is 45.6. The van der Waals surface area contributed by atoms with Crippen molar-refractivity contribution in [3.8, 4) is 5.75 Å². The Hall–Kier alpha value is -7.58. The standard InChI is InChI=1S/C51H82N14O13/c1-26(2)20-34(45(73)59-33(10-8-18-55-51(53)54)50(78)65-19-9-11-39(65)49(77)56-24-40(52)68)60-42(70)29(7)57-44(72)37(23-30-12-14-31(67)15-13-30)63-48(76)38(25-66)64-47(75)36(22-28(5)6)62-46(74)35(21-27(3)4)61-43(71)32-16-17-41(69)58-32/h12-15,26-29,32-39,66-67H,8-11,16-25H2,1-7H3,(H2,52,68)(H,56,77)(H,57,72)(H,58,69)(H,59,73)(H,60,70)(H,61,71)(H,62,74)(H,63,76)(H,64,75)(H4,53,54,55)/t29-,32+,33+,34+,35+,36+,37+,38+,39+/m1/s1. The Morgan fingerprint density at radius 2 is 1.15 bits per heavy atom. The van der Waals surface area contributed by atoms with E-state index < -0.39 is 127 Å². The van der Waals surface area contributed by atoms with Crippen molar-refractivity contribution in [3.63, 3.8) is 0 Å². The van der Waals surface area contributed by atoms with Gasteiger partial charge in [-0.15, -0.1) is 0 Å². The van der Waals surface area contributed by atoms with Gasteiger partial charge < -0.3 is 80.2 Å². The summed E-state index contributed by atoms with van der Waals surface area (Å²) in [6.07, 6.45) is 1.50. The molecule has 11 amide bonds. The van der Waals surface area contributed by atoms with Crippen molar-refractivity contribution < 1.29 is 63.0 Å². The van der Waals surface area contributed by atoms with E-state index in [2.05, 4.69) is 52.8 Å². The molecule has 17 N–H and O–H groups in total. The molecule has 0 bridgehead atoms. The minimum atomic E-state index is -1.68. The number of carbonyl (C=O) groups excluding carboxylic acids is 11. The highest BCUT2D eigenvalue weighted by Crippen LogP contribution is 2.21. The number of hydrogen-bond acceptors (Lipinski definition) is 14. The van der Waals surface area contributed by atoms with Gasteiger partial charge in [-0.2, -0.15) is 0 Å². The number of nitrogens with one attached hydrogen (secondary N) is 9. The van der Waals surface area contributed by atoms with Crippen molar-refractivity contribution in [2.24, 2.45) is 39.9 Å². The zero-order chi connectivity index (χ0) is 58.4. The molecule has 0 saturated carbocycles. The van der Waals surface area contributed by atoms with Crippen molar-refractivity contribution >= 4 is 70.9 Å². The fourth-order valence-electron chi connectivity index (χ4n) is 8.78. The van der Waals surface area contributed by atoms with Crippen molar-refractivity contribution in [2.45, 2.75) is 167 Å². The summed E-state index contributed by atoms with van der Waals surface area (Å²) < 4.78 is 0. The third kappa shape index (κ3) is 21.8. The molecule has 27 nitrogen and oxygen atoms in total. The second kappa shape index (κ2) is 31.6. The average molecular weight is 1100 g/mol. The maximum absolute atomic E-state index is 14.1. The van der Waals surface area contributed by atoms with E-state index in [9.17, 15) is 63.0 Å². The minimum Gasteiger partial charge on any atom is -0.508 e. The Balaban J connectivity index is 1.81. The lowest BCUT2D eigenvalue weighted by molar-refractivity contribution is -0.142. The molecular formula is C51H82N14O13. The van der Waals surface area contributed by atoms with Crippen LogP contribution in [-0.4, -0.2) is 167 Å². The second-order valence-corrected chi connectivity index (χ2v) is 21.0. The van der Waals surface area contributed by atoms with Gasteiger partial charge in [0.15, 0.2) is 5.96 Å². The molecule has 2 heterocycles. The first kappa shape index (κ1) is 64.7. The summed E-state index contributed by atoms with van der Waals surface area (Å²) in [4.78, 5) is 152. The highest BCUT2D eigenvalue weighted by atomic mass is 16.3. The number of phenolic OH excluding ortho intramolecular Hbond substituents is 1. The van der Waals surface area contributed by atoms with Crippen LogP contribution < -0.4 is 65.1 Å². The van der Waals surface area contributed by atoms with E-state index in [-0.39, 0.29) is 106 Å². The highest BCUT2D eigenvalue weighted by Gasteiger charge is 2.39. The Labute approximate surface area is 454 Å². The minimum absolute atomic E-state index is 0.0240. The number of aliphatic hydroxyl groups is 1. The first-order chi connectivity index (χ1) is 36.7. The molecule has 0 spiro atoms. The van der Waals surface area contributed by atoms with Gasteiger partial charge in [0.1, 0.15) is 60.1 Å². The molecule has 0 aliphatic carbocycles. The second-order valence-electron chi connectivity index (χ2n) is 21.0. The molecular weight excluding hydrogens is 1020 g/mol. The quantitative estimate of drug-likeness (QED) is 0.0194. The first-order valence-corrected chi connectivity index (χ1v) is 26.4. The van der Waals surface area contributed by atoms with Gasteiger partial charge in [-0.05, 0) is 93.7 Å². The summed E-state index contributed by atoms with van der Waals surface area (Å²) in [5.74, 6) is -8.63. The van der Waals surface area contributed by atoms with Gasteiger partial charge in [-0.3, -0.25) is 57.7 Å². The number of aromatic hydroxyl groups is 1. The van der Waals surface area contributed by atoms with Crippen molar-refractivity contribution in [3.05, 3.63) is 29.8 Å². The van der Waals surface area contributed by atoms with E-state index >= 15 is 0 Å². The molecule has 2 saturated heterocycles. The number of phenols is 1. The van der Waals surface area contributed by atoms with Crippen molar-refractivity contribution in [1.82, 2.24) is 52.8 Å². The number of guanidine groups is 1. The summed E-state index contributed by atoms with van der Waals surface area (Å²) >= 11 is 0. The number of likely N-dealkylation sites (tertiary alicyclic amines) is 1. The largest absolute Gasteiger partial charge is 0.508 e. The number of carbonyl (C=O) groups is 11.